The van der Waals surface area contributed by atoms with E-state index in [4.69, 9.17) is 4.74 Å². The minimum atomic E-state index is -0.325. The molecule has 1 atom stereocenters. The summed E-state index contributed by atoms with van der Waals surface area (Å²) in [4.78, 5) is 0.630. The lowest BCUT2D eigenvalue weighted by Crippen LogP contribution is -2.04. The second kappa shape index (κ2) is 8.47. The number of hydrogen-bond donors (Lipinski definition) is 0. The van der Waals surface area contributed by atoms with Crippen LogP contribution in [-0.4, -0.2) is 19.8 Å². The summed E-state index contributed by atoms with van der Waals surface area (Å²) in [5.41, 5.74) is 2.24. The minimum Gasteiger partial charge on any atom is -0.486 e. The van der Waals surface area contributed by atoms with Crippen molar-refractivity contribution in [3.05, 3.63) is 101 Å². The molecule has 2 aromatic heterocycles. The zero-order valence-corrected chi connectivity index (χ0v) is 17.9. The van der Waals surface area contributed by atoms with Gasteiger partial charge in [0, 0.05) is 11.5 Å². The van der Waals surface area contributed by atoms with Gasteiger partial charge in [0.1, 0.15) is 29.0 Å². The lowest BCUT2D eigenvalue weighted by molar-refractivity contribution is 0.292. The molecular formula is C24H18F2N4OS. The Balaban J connectivity index is 1.36. The van der Waals surface area contributed by atoms with Crippen molar-refractivity contribution >= 4 is 16.3 Å². The Morgan fingerprint density at radius 2 is 1.75 bits per heavy atom. The summed E-state index contributed by atoms with van der Waals surface area (Å²) in [6, 6.07) is 20.5. The summed E-state index contributed by atoms with van der Waals surface area (Å²) in [6.07, 6.45) is 0. The maximum absolute atomic E-state index is 14.8. The van der Waals surface area contributed by atoms with Crippen LogP contribution in [0.4, 0.5) is 8.78 Å². The monoisotopic (exact) mass is 448 g/mol. The third-order valence-corrected chi connectivity index (χ3v) is 6.28. The number of rotatable bonds is 6. The zero-order valence-electron chi connectivity index (χ0n) is 17.1. The van der Waals surface area contributed by atoms with E-state index >= 15 is 0 Å². The largest absolute Gasteiger partial charge is 0.486 e. The van der Waals surface area contributed by atoms with Gasteiger partial charge in [0.15, 0.2) is 5.82 Å². The second-order valence-corrected chi connectivity index (χ2v) is 8.31. The number of aromatic nitrogens is 4. The van der Waals surface area contributed by atoms with Gasteiger partial charge in [-0.15, -0.1) is 10.2 Å². The molecule has 0 spiro atoms. The molecular weight excluding hydrogens is 430 g/mol. The van der Waals surface area contributed by atoms with Crippen molar-refractivity contribution in [3.63, 3.8) is 0 Å². The molecule has 0 N–H and O–H groups in total. The van der Waals surface area contributed by atoms with E-state index in [1.807, 2.05) is 43.3 Å². The molecule has 160 valence electrons. The van der Waals surface area contributed by atoms with E-state index in [1.165, 1.54) is 23.5 Å². The van der Waals surface area contributed by atoms with Crippen LogP contribution in [0.15, 0.2) is 72.8 Å². The van der Waals surface area contributed by atoms with Gasteiger partial charge >= 0.3 is 0 Å². The fraction of sp³-hybridized carbons (Fsp3) is 0.125. The highest BCUT2D eigenvalue weighted by atomic mass is 32.1. The predicted octanol–water partition coefficient (Wildman–Crippen LogP) is 5.86. The Bertz CT molecular complexity index is 1370. The number of fused-ring (bicyclic) bond motifs is 1. The summed E-state index contributed by atoms with van der Waals surface area (Å²) >= 11 is 1.40. The summed E-state index contributed by atoms with van der Waals surface area (Å²) < 4.78 is 35.2. The highest BCUT2D eigenvalue weighted by Crippen LogP contribution is 2.31. The molecule has 0 saturated heterocycles. The van der Waals surface area contributed by atoms with Gasteiger partial charge in [-0.25, -0.2) is 8.78 Å². The Kier molecular flexibility index (Phi) is 5.36. The van der Waals surface area contributed by atoms with E-state index in [-0.39, 0.29) is 24.2 Å². The maximum atomic E-state index is 14.8. The van der Waals surface area contributed by atoms with Crippen molar-refractivity contribution in [2.45, 2.75) is 19.4 Å². The van der Waals surface area contributed by atoms with Crippen molar-refractivity contribution in [1.29, 1.82) is 0 Å². The Morgan fingerprint density at radius 3 is 2.50 bits per heavy atom. The van der Waals surface area contributed by atoms with Crippen LogP contribution in [0.5, 0.6) is 5.75 Å². The van der Waals surface area contributed by atoms with Crippen LogP contribution in [0.1, 0.15) is 29.2 Å². The van der Waals surface area contributed by atoms with E-state index in [9.17, 15) is 8.78 Å². The summed E-state index contributed by atoms with van der Waals surface area (Å²) in [7, 11) is 0. The lowest BCUT2D eigenvalue weighted by atomic mass is 9.97. The zero-order chi connectivity index (χ0) is 22.1. The molecule has 0 unspecified atom stereocenters. The lowest BCUT2D eigenvalue weighted by Gasteiger charge is -2.11. The molecule has 5 aromatic rings. The average Bonchev–Trinajstić information content (AvgIpc) is 3.40. The molecule has 32 heavy (non-hydrogen) atoms. The van der Waals surface area contributed by atoms with Gasteiger partial charge in [0.2, 0.25) is 4.96 Å². The van der Waals surface area contributed by atoms with Crippen LogP contribution >= 0.6 is 11.3 Å². The molecule has 5 rings (SSSR count). The van der Waals surface area contributed by atoms with Gasteiger partial charge in [0.25, 0.3) is 0 Å². The second-order valence-electron chi connectivity index (χ2n) is 7.32. The van der Waals surface area contributed by atoms with Crippen LogP contribution in [0.25, 0.3) is 16.1 Å². The Labute approximate surface area is 186 Å². The molecule has 0 aliphatic carbocycles. The van der Waals surface area contributed by atoms with E-state index < -0.39 is 0 Å². The minimum absolute atomic E-state index is 0.119. The first-order valence-corrected chi connectivity index (χ1v) is 10.8. The first kappa shape index (κ1) is 20.3. The van der Waals surface area contributed by atoms with Gasteiger partial charge in [-0.3, -0.25) is 0 Å². The third kappa shape index (κ3) is 3.97. The normalized spacial score (nSPS) is 12.2. The van der Waals surface area contributed by atoms with Crippen molar-refractivity contribution in [2.75, 3.05) is 0 Å². The molecule has 0 bridgehead atoms. The molecule has 2 heterocycles. The molecule has 0 amide bonds. The predicted molar refractivity (Wildman–Crippen MR) is 119 cm³/mol. The molecule has 0 saturated carbocycles. The molecule has 0 aliphatic heterocycles. The van der Waals surface area contributed by atoms with E-state index in [1.54, 1.807) is 28.8 Å². The highest BCUT2D eigenvalue weighted by Gasteiger charge is 2.19. The van der Waals surface area contributed by atoms with E-state index in [0.717, 1.165) is 16.1 Å². The fourth-order valence-corrected chi connectivity index (χ4v) is 4.35. The van der Waals surface area contributed by atoms with Crippen LogP contribution in [0.3, 0.4) is 0 Å². The SMILES string of the molecule is C[C@H](c1ccc(-c2ccccc2)c(F)c1)c1nn2c(COc3ccc(F)cc3)nnc2s1. The van der Waals surface area contributed by atoms with E-state index in [0.29, 0.717) is 22.1 Å². The summed E-state index contributed by atoms with van der Waals surface area (Å²) in [5.74, 6) is 0.350. The fourth-order valence-electron chi connectivity index (χ4n) is 3.41. The van der Waals surface area contributed by atoms with Gasteiger partial charge in [0.05, 0.1) is 0 Å². The highest BCUT2D eigenvalue weighted by molar-refractivity contribution is 7.16. The number of halogens is 2. The van der Waals surface area contributed by atoms with Crippen molar-refractivity contribution in [2.24, 2.45) is 0 Å². The first-order valence-electron chi connectivity index (χ1n) is 10.0. The number of benzene rings is 3. The molecule has 0 radical (unpaired) electrons. The Morgan fingerprint density at radius 1 is 0.969 bits per heavy atom. The summed E-state index contributed by atoms with van der Waals surface area (Å²) in [6.45, 7) is 2.13. The molecule has 5 nitrogen and oxygen atoms in total. The van der Waals surface area contributed by atoms with E-state index in [2.05, 4.69) is 15.3 Å². The van der Waals surface area contributed by atoms with Gasteiger partial charge < -0.3 is 4.74 Å². The summed E-state index contributed by atoms with van der Waals surface area (Å²) in [5, 5.41) is 13.7. The van der Waals surface area contributed by atoms with Gasteiger partial charge in [-0.2, -0.15) is 9.61 Å². The Hall–Kier alpha value is -3.65. The number of ether oxygens (including phenoxy) is 1. The number of nitrogens with zero attached hydrogens (tertiary/aromatic N) is 4. The third-order valence-electron chi connectivity index (χ3n) is 5.20. The topological polar surface area (TPSA) is 52.3 Å². The molecule has 0 aliphatic rings. The maximum Gasteiger partial charge on any atom is 0.234 e. The van der Waals surface area contributed by atoms with Crippen LogP contribution in [-0.2, 0) is 6.61 Å². The smallest absolute Gasteiger partial charge is 0.234 e. The van der Waals surface area contributed by atoms with Crippen molar-refractivity contribution in [1.82, 2.24) is 19.8 Å². The van der Waals surface area contributed by atoms with Crippen LogP contribution in [0.2, 0.25) is 0 Å². The number of hydrogen-bond acceptors (Lipinski definition) is 5. The van der Waals surface area contributed by atoms with Gasteiger partial charge in [-0.1, -0.05) is 60.7 Å². The van der Waals surface area contributed by atoms with Crippen molar-refractivity contribution in [3.8, 4) is 16.9 Å². The quantitative estimate of drug-likeness (QED) is 0.326. The first-order chi connectivity index (χ1) is 15.6. The molecule has 3 aromatic carbocycles. The molecule has 0 fully saturated rings. The van der Waals surface area contributed by atoms with Gasteiger partial charge in [-0.05, 0) is 41.5 Å². The standard InChI is InChI=1S/C24H18F2N4OS/c1-15(17-7-12-20(21(26)13-17)16-5-3-2-4-6-16)23-29-30-22(27-28-24(30)32-23)14-31-19-10-8-18(25)9-11-19/h2-13,15H,14H2,1H3/t15-/m1/s1. The van der Waals surface area contributed by atoms with Crippen LogP contribution < -0.4 is 4.74 Å². The molecule has 8 heteroatoms. The van der Waals surface area contributed by atoms with Crippen LogP contribution in [0, 0.1) is 11.6 Å². The van der Waals surface area contributed by atoms with Crippen molar-refractivity contribution < 1.29 is 13.5 Å². The average molecular weight is 448 g/mol.